The van der Waals surface area contributed by atoms with Crippen molar-refractivity contribution in [3.63, 3.8) is 0 Å². The van der Waals surface area contributed by atoms with Gasteiger partial charge in [-0.05, 0) is 12.1 Å². The number of nitrogen functional groups attached to an aromatic ring is 1. The molecule has 0 fully saturated rings. The predicted octanol–water partition coefficient (Wildman–Crippen LogP) is 1.34. The monoisotopic (exact) mass is 260 g/mol. The van der Waals surface area contributed by atoms with E-state index in [4.69, 9.17) is 5.73 Å². The lowest BCUT2D eigenvalue weighted by atomic mass is 10.5. The first-order valence-corrected chi connectivity index (χ1v) is 6.43. The molecule has 0 aliphatic heterocycles. The minimum Gasteiger partial charge on any atom is -0.368 e. The fraction of sp³-hybridized carbons (Fsp3) is 0.182. The average molecular weight is 260 g/mol. The Morgan fingerprint density at radius 3 is 2.94 bits per heavy atom. The Bertz CT molecular complexity index is 653. The Balaban J connectivity index is 1.79. The number of hydrogen-bond acceptors (Lipinski definition) is 5. The number of hydrogen-bond donors (Lipinski definition) is 1. The fourth-order valence-electron chi connectivity index (χ4n) is 1.65. The number of aromatic nitrogens is 5. The van der Waals surface area contributed by atoms with Gasteiger partial charge in [-0.1, -0.05) is 17.8 Å². The van der Waals surface area contributed by atoms with E-state index in [-0.39, 0.29) is 0 Å². The van der Waals surface area contributed by atoms with Crippen LogP contribution in [0.4, 0.5) is 5.95 Å². The highest BCUT2D eigenvalue weighted by atomic mass is 32.2. The maximum atomic E-state index is 5.63. The lowest BCUT2D eigenvalue weighted by Crippen LogP contribution is -1.98. The summed E-state index contributed by atoms with van der Waals surface area (Å²) in [4.78, 5) is 4.52. The molecule has 0 bridgehead atoms. The van der Waals surface area contributed by atoms with Crippen LogP contribution in [0.25, 0.3) is 5.65 Å². The fourth-order valence-corrected chi connectivity index (χ4v) is 2.45. The van der Waals surface area contributed by atoms with Crippen LogP contribution in [0.2, 0.25) is 0 Å². The predicted molar refractivity (Wildman–Crippen MR) is 70.2 cm³/mol. The van der Waals surface area contributed by atoms with E-state index in [1.165, 1.54) is 0 Å². The van der Waals surface area contributed by atoms with Crippen LogP contribution in [-0.4, -0.2) is 24.1 Å². The molecule has 3 heterocycles. The van der Waals surface area contributed by atoms with E-state index >= 15 is 0 Å². The molecule has 7 heteroatoms. The summed E-state index contributed by atoms with van der Waals surface area (Å²) in [6, 6.07) is 5.94. The van der Waals surface area contributed by atoms with Gasteiger partial charge in [0, 0.05) is 25.2 Å². The molecule has 3 aromatic rings. The number of nitrogens with two attached hydrogens (primary N) is 1. The quantitative estimate of drug-likeness (QED) is 0.719. The van der Waals surface area contributed by atoms with Gasteiger partial charge in [-0.15, -0.1) is 10.2 Å². The van der Waals surface area contributed by atoms with Crippen LogP contribution in [0.3, 0.4) is 0 Å². The zero-order valence-electron chi connectivity index (χ0n) is 9.82. The largest absolute Gasteiger partial charge is 0.368 e. The number of nitrogens with zero attached hydrogens (tertiary/aromatic N) is 5. The average Bonchev–Trinajstić information content (AvgIpc) is 2.92. The van der Waals surface area contributed by atoms with Gasteiger partial charge < -0.3 is 10.1 Å². The van der Waals surface area contributed by atoms with E-state index in [9.17, 15) is 0 Å². The van der Waals surface area contributed by atoms with Crippen molar-refractivity contribution in [2.45, 2.75) is 10.9 Å². The molecule has 0 spiro atoms. The summed E-state index contributed by atoms with van der Waals surface area (Å²) in [5.41, 5.74) is 7.58. The highest BCUT2D eigenvalue weighted by Crippen LogP contribution is 2.21. The van der Waals surface area contributed by atoms with Crippen molar-refractivity contribution in [3.05, 3.63) is 36.3 Å². The van der Waals surface area contributed by atoms with Crippen molar-refractivity contribution in [2.75, 3.05) is 5.73 Å². The van der Waals surface area contributed by atoms with E-state index in [1.54, 1.807) is 16.3 Å². The number of imidazole rings is 1. The minimum atomic E-state index is 0.424. The molecule has 0 amide bonds. The van der Waals surface area contributed by atoms with E-state index in [2.05, 4.69) is 15.2 Å². The molecule has 0 aromatic carbocycles. The Morgan fingerprint density at radius 1 is 1.33 bits per heavy atom. The zero-order valence-corrected chi connectivity index (χ0v) is 10.6. The third kappa shape index (κ3) is 1.92. The third-order valence-corrected chi connectivity index (χ3v) is 3.69. The molecule has 92 valence electrons. The van der Waals surface area contributed by atoms with Gasteiger partial charge in [-0.3, -0.25) is 4.57 Å². The van der Waals surface area contributed by atoms with Gasteiger partial charge >= 0.3 is 0 Å². The van der Waals surface area contributed by atoms with E-state index in [1.807, 2.05) is 42.0 Å². The highest BCUT2D eigenvalue weighted by Gasteiger charge is 2.08. The number of thioether (sulfide) groups is 1. The molecule has 0 aliphatic carbocycles. The first-order chi connectivity index (χ1) is 8.74. The second-order valence-electron chi connectivity index (χ2n) is 3.89. The van der Waals surface area contributed by atoms with Gasteiger partial charge in [0.05, 0.1) is 5.69 Å². The topological polar surface area (TPSA) is 74.0 Å². The Hall–Kier alpha value is -2.02. The van der Waals surface area contributed by atoms with Crippen molar-refractivity contribution in [2.24, 2.45) is 7.05 Å². The molecule has 18 heavy (non-hydrogen) atoms. The summed E-state index contributed by atoms with van der Waals surface area (Å²) >= 11 is 1.57. The third-order valence-electron chi connectivity index (χ3n) is 2.63. The lowest BCUT2D eigenvalue weighted by Gasteiger charge is -1.98. The smallest absolute Gasteiger partial charge is 0.222 e. The first-order valence-electron chi connectivity index (χ1n) is 5.44. The second-order valence-corrected chi connectivity index (χ2v) is 4.83. The molecule has 0 atom stereocenters. The Kier molecular flexibility index (Phi) is 2.67. The standard InChI is InChI=1S/C11H12N6S/c1-16-10(12)14-15-11(16)18-7-8-6-17-5-3-2-4-9(17)13-8/h2-6H,7H2,1H3,(H2,12,14). The molecule has 2 N–H and O–H groups in total. The number of rotatable bonds is 3. The van der Waals surface area contributed by atoms with E-state index in [0.717, 1.165) is 22.3 Å². The van der Waals surface area contributed by atoms with Crippen molar-refractivity contribution >= 4 is 23.4 Å². The minimum absolute atomic E-state index is 0.424. The summed E-state index contributed by atoms with van der Waals surface area (Å²) in [5, 5.41) is 8.61. The molecule has 0 unspecified atom stereocenters. The summed E-state index contributed by atoms with van der Waals surface area (Å²) in [5.74, 6) is 1.17. The maximum Gasteiger partial charge on any atom is 0.222 e. The van der Waals surface area contributed by atoms with Crippen LogP contribution in [0.5, 0.6) is 0 Å². The van der Waals surface area contributed by atoms with Crippen LogP contribution < -0.4 is 5.73 Å². The first kappa shape index (κ1) is 11.1. The Morgan fingerprint density at radius 2 is 2.22 bits per heavy atom. The van der Waals surface area contributed by atoms with Crippen LogP contribution in [-0.2, 0) is 12.8 Å². The van der Waals surface area contributed by atoms with Crippen LogP contribution in [0.15, 0.2) is 35.7 Å². The van der Waals surface area contributed by atoms with E-state index < -0.39 is 0 Å². The number of anilines is 1. The molecule has 6 nitrogen and oxygen atoms in total. The highest BCUT2D eigenvalue weighted by molar-refractivity contribution is 7.98. The summed E-state index contributed by atoms with van der Waals surface area (Å²) in [7, 11) is 1.85. The number of fused-ring (bicyclic) bond motifs is 1. The van der Waals surface area contributed by atoms with Gasteiger partial charge in [0.2, 0.25) is 5.95 Å². The van der Waals surface area contributed by atoms with Crippen molar-refractivity contribution < 1.29 is 0 Å². The van der Waals surface area contributed by atoms with Crippen LogP contribution in [0.1, 0.15) is 5.69 Å². The molecule has 3 rings (SSSR count). The second kappa shape index (κ2) is 4.34. The molecule has 0 aliphatic rings. The molecule has 0 saturated carbocycles. The van der Waals surface area contributed by atoms with Crippen molar-refractivity contribution in [3.8, 4) is 0 Å². The molecular weight excluding hydrogens is 248 g/mol. The van der Waals surface area contributed by atoms with Gasteiger partial charge in [0.25, 0.3) is 0 Å². The van der Waals surface area contributed by atoms with Gasteiger partial charge in [-0.2, -0.15) is 0 Å². The Labute approximate surface area is 108 Å². The van der Waals surface area contributed by atoms with Crippen molar-refractivity contribution in [1.82, 2.24) is 24.1 Å². The molecule has 3 aromatic heterocycles. The SMILES string of the molecule is Cn1c(N)nnc1SCc1cn2ccccc2n1. The van der Waals surface area contributed by atoms with Crippen LogP contribution >= 0.6 is 11.8 Å². The van der Waals surface area contributed by atoms with Crippen LogP contribution in [0, 0.1) is 0 Å². The maximum absolute atomic E-state index is 5.63. The summed E-state index contributed by atoms with van der Waals surface area (Å²) in [6.45, 7) is 0. The van der Waals surface area contributed by atoms with Gasteiger partial charge in [0.15, 0.2) is 5.16 Å². The number of pyridine rings is 1. The molecule has 0 saturated heterocycles. The van der Waals surface area contributed by atoms with E-state index in [0.29, 0.717) is 5.95 Å². The van der Waals surface area contributed by atoms with Crippen molar-refractivity contribution in [1.29, 1.82) is 0 Å². The van der Waals surface area contributed by atoms with Gasteiger partial charge in [0.1, 0.15) is 5.65 Å². The normalized spacial score (nSPS) is 11.2. The zero-order chi connectivity index (χ0) is 12.5. The lowest BCUT2D eigenvalue weighted by molar-refractivity contribution is 0.795. The summed E-state index contributed by atoms with van der Waals surface area (Å²) in [6.07, 6.45) is 4.00. The summed E-state index contributed by atoms with van der Waals surface area (Å²) < 4.78 is 3.77. The molecule has 0 radical (unpaired) electrons. The molecular formula is C11H12N6S. The van der Waals surface area contributed by atoms with Gasteiger partial charge in [-0.25, -0.2) is 4.98 Å².